The summed E-state index contributed by atoms with van der Waals surface area (Å²) in [6, 6.07) is 1.23. The van der Waals surface area contributed by atoms with Gasteiger partial charge in [-0.1, -0.05) is 0 Å². The minimum Gasteiger partial charge on any atom is -0.398 e. The van der Waals surface area contributed by atoms with E-state index in [0.717, 1.165) is 0 Å². The van der Waals surface area contributed by atoms with Gasteiger partial charge in [-0.05, 0) is 39.3 Å². The quantitative estimate of drug-likeness (QED) is 0.820. The Morgan fingerprint density at radius 1 is 1.35 bits per heavy atom. The van der Waals surface area contributed by atoms with Crippen LogP contribution in [0.15, 0.2) is 12.3 Å². The van der Waals surface area contributed by atoms with E-state index in [9.17, 15) is 9.18 Å². The van der Waals surface area contributed by atoms with Crippen LogP contribution < -0.4 is 11.3 Å². The lowest BCUT2D eigenvalue weighted by Gasteiger charge is -2.32. The molecule has 0 unspecified atom stereocenters. The van der Waals surface area contributed by atoms with Crippen molar-refractivity contribution in [3.05, 3.63) is 23.6 Å². The Morgan fingerprint density at radius 2 is 1.90 bits per heavy atom. The van der Waals surface area contributed by atoms with Crippen molar-refractivity contribution < 1.29 is 18.5 Å². The molecule has 5 nitrogen and oxygen atoms in total. The predicted octanol–water partition coefficient (Wildman–Crippen LogP) is 0.548. The van der Waals surface area contributed by atoms with E-state index in [1.807, 2.05) is 27.7 Å². The van der Waals surface area contributed by atoms with Crippen LogP contribution in [0.1, 0.15) is 33.3 Å². The number of hydrogen-bond donors (Lipinski definition) is 1. The first-order valence-corrected chi connectivity index (χ1v) is 6.41. The van der Waals surface area contributed by atoms with E-state index in [2.05, 4.69) is 4.98 Å². The van der Waals surface area contributed by atoms with Gasteiger partial charge in [-0.15, -0.1) is 0 Å². The summed E-state index contributed by atoms with van der Waals surface area (Å²) in [5, 5.41) is 0. The maximum atomic E-state index is 14.1. The summed E-state index contributed by atoms with van der Waals surface area (Å²) in [5.74, 6) is -1.10. The molecule has 2 N–H and O–H groups in total. The van der Waals surface area contributed by atoms with E-state index in [4.69, 9.17) is 15.0 Å². The lowest BCUT2D eigenvalue weighted by Crippen LogP contribution is -2.41. The van der Waals surface area contributed by atoms with Gasteiger partial charge in [-0.2, -0.15) is 0 Å². The molecule has 0 saturated carbocycles. The number of nitrogens with zero attached hydrogens (tertiary/aromatic N) is 1. The monoisotopic (exact) mass is 280 g/mol. The third-order valence-corrected chi connectivity index (χ3v) is 3.78. The molecule has 1 aromatic rings. The topological polar surface area (TPSA) is 74.4 Å². The van der Waals surface area contributed by atoms with Crippen LogP contribution in [-0.4, -0.2) is 29.2 Å². The van der Waals surface area contributed by atoms with Gasteiger partial charge in [0.05, 0.1) is 17.6 Å². The number of primary amides is 1. The molecular weight excluding hydrogens is 262 g/mol. The zero-order valence-corrected chi connectivity index (χ0v) is 12.1. The molecule has 0 aromatic carbocycles. The third-order valence-electron chi connectivity index (χ3n) is 3.78. The standard InChI is InChI=1S/C13H18BFN2O3/c1-12(2)13(3,4)20-14(19-12)11-9(15)5-8(7-17-11)6-10(16)18/h5,7H,6H2,1-4H3,(H2,16,18). The van der Waals surface area contributed by atoms with E-state index in [-0.39, 0.29) is 12.0 Å². The van der Waals surface area contributed by atoms with Crippen LogP contribution in [0.5, 0.6) is 0 Å². The Hall–Kier alpha value is -1.47. The zero-order chi connectivity index (χ0) is 15.1. The van der Waals surface area contributed by atoms with Crippen LogP contribution in [0, 0.1) is 5.82 Å². The van der Waals surface area contributed by atoms with Crippen LogP contribution in [0.25, 0.3) is 0 Å². The highest BCUT2D eigenvalue weighted by atomic mass is 19.1. The Bertz CT molecular complexity index is 532. The number of carbonyl (C=O) groups is 1. The Kier molecular flexibility index (Phi) is 3.60. The van der Waals surface area contributed by atoms with Gasteiger partial charge in [-0.25, -0.2) is 4.39 Å². The number of hydrogen-bond acceptors (Lipinski definition) is 4. The van der Waals surface area contributed by atoms with Gasteiger partial charge >= 0.3 is 7.12 Å². The second-order valence-electron chi connectivity index (χ2n) is 5.94. The second kappa shape index (κ2) is 4.82. The summed E-state index contributed by atoms with van der Waals surface area (Å²) in [6.07, 6.45) is 1.36. The fraction of sp³-hybridized carbons (Fsp3) is 0.538. The minimum atomic E-state index is -0.859. The third kappa shape index (κ3) is 2.69. The van der Waals surface area contributed by atoms with Gasteiger partial charge in [0.2, 0.25) is 5.91 Å². The summed E-state index contributed by atoms with van der Waals surface area (Å²) in [6.45, 7) is 7.53. The summed E-state index contributed by atoms with van der Waals surface area (Å²) in [4.78, 5) is 14.8. The number of nitrogens with two attached hydrogens (primary N) is 1. The summed E-state index contributed by atoms with van der Waals surface area (Å²) < 4.78 is 25.6. The van der Waals surface area contributed by atoms with Crippen molar-refractivity contribution >= 4 is 18.6 Å². The smallest absolute Gasteiger partial charge is 0.398 e. The van der Waals surface area contributed by atoms with Crippen molar-refractivity contribution in [2.24, 2.45) is 5.73 Å². The lowest BCUT2D eigenvalue weighted by atomic mass is 9.83. The highest BCUT2D eigenvalue weighted by Gasteiger charge is 2.53. The highest BCUT2D eigenvalue weighted by Crippen LogP contribution is 2.36. The molecule has 1 aliphatic rings. The van der Waals surface area contributed by atoms with Crippen molar-refractivity contribution in [2.75, 3.05) is 0 Å². The van der Waals surface area contributed by atoms with Gasteiger partial charge in [-0.3, -0.25) is 9.78 Å². The van der Waals surface area contributed by atoms with Gasteiger partial charge in [0.1, 0.15) is 11.4 Å². The van der Waals surface area contributed by atoms with E-state index in [1.165, 1.54) is 12.3 Å². The molecule has 7 heteroatoms. The average Bonchev–Trinajstić information content (AvgIpc) is 2.46. The second-order valence-corrected chi connectivity index (χ2v) is 5.94. The fourth-order valence-electron chi connectivity index (χ4n) is 1.91. The number of pyridine rings is 1. The van der Waals surface area contributed by atoms with E-state index < -0.39 is 30.0 Å². The molecule has 1 aliphatic heterocycles. The Balaban J connectivity index is 2.25. The predicted molar refractivity (Wildman–Crippen MR) is 72.8 cm³/mol. The number of aromatic nitrogens is 1. The van der Waals surface area contributed by atoms with Crippen LogP contribution in [0.4, 0.5) is 4.39 Å². The van der Waals surface area contributed by atoms with Crippen molar-refractivity contribution in [1.82, 2.24) is 4.98 Å². The minimum absolute atomic E-state index is 0.0480. The molecule has 20 heavy (non-hydrogen) atoms. The number of carbonyl (C=O) groups excluding carboxylic acids is 1. The number of amides is 1. The maximum absolute atomic E-state index is 14.1. The zero-order valence-electron chi connectivity index (χ0n) is 12.1. The molecule has 2 heterocycles. The van der Waals surface area contributed by atoms with Crippen molar-refractivity contribution in [2.45, 2.75) is 45.3 Å². The maximum Gasteiger partial charge on any atom is 0.517 e. The average molecular weight is 280 g/mol. The molecule has 0 bridgehead atoms. The summed E-state index contributed by atoms with van der Waals surface area (Å²) in [7, 11) is -0.859. The van der Waals surface area contributed by atoms with Gasteiger partial charge in [0.15, 0.2) is 0 Å². The molecule has 1 fully saturated rings. The Morgan fingerprint density at radius 3 is 2.35 bits per heavy atom. The van der Waals surface area contributed by atoms with Crippen molar-refractivity contribution in [1.29, 1.82) is 0 Å². The number of rotatable bonds is 3. The molecule has 0 spiro atoms. The van der Waals surface area contributed by atoms with E-state index in [0.29, 0.717) is 5.56 Å². The van der Waals surface area contributed by atoms with Gasteiger partial charge in [0.25, 0.3) is 0 Å². The van der Waals surface area contributed by atoms with Crippen LogP contribution >= 0.6 is 0 Å². The SMILES string of the molecule is CC1(C)OB(c2ncc(CC(N)=O)cc2F)OC1(C)C. The molecule has 108 valence electrons. The normalized spacial score (nSPS) is 20.1. The van der Waals surface area contributed by atoms with Crippen molar-refractivity contribution in [3.8, 4) is 0 Å². The molecule has 0 aliphatic carbocycles. The summed E-state index contributed by atoms with van der Waals surface area (Å²) in [5.41, 5.74) is 4.46. The van der Waals surface area contributed by atoms with E-state index in [1.54, 1.807) is 0 Å². The van der Waals surface area contributed by atoms with Gasteiger partial charge < -0.3 is 15.0 Å². The number of halogens is 1. The molecule has 0 radical (unpaired) electrons. The fourth-order valence-corrected chi connectivity index (χ4v) is 1.91. The first kappa shape index (κ1) is 14.9. The first-order valence-electron chi connectivity index (χ1n) is 6.41. The lowest BCUT2D eigenvalue weighted by molar-refractivity contribution is -0.117. The van der Waals surface area contributed by atoms with Gasteiger partial charge in [0, 0.05) is 6.20 Å². The molecule has 1 amide bonds. The molecule has 1 saturated heterocycles. The Labute approximate surface area is 117 Å². The van der Waals surface area contributed by atoms with Crippen LogP contribution in [0.3, 0.4) is 0 Å². The van der Waals surface area contributed by atoms with E-state index >= 15 is 0 Å². The molecular formula is C13H18BFN2O3. The molecule has 2 rings (SSSR count). The van der Waals surface area contributed by atoms with Crippen molar-refractivity contribution in [3.63, 3.8) is 0 Å². The summed E-state index contributed by atoms with van der Waals surface area (Å²) >= 11 is 0. The first-order chi connectivity index (χ1) is 9.12. The molecule has 0 atom stereocenters. The largest absolute Gasteiger partial charge is 0.517 e. The van der Waals surface area contributed by atoms with Crippen LogP contribution in [0.2, 0.25) is 0 Å². The molecule has 1 aromatic heterocycles. The highest BCUT2D eigenvalue weighted by molar-refractivity contribution is 6.61. The van der Waals surface area contributed by atoms with Crippen LogP contribution in [-0.2, 0) is 20.5 Å².